The highest BCUT2D eigenvalue weighted by Gasteiger charge is 2.33. The molecule has 3 heterocycles. The summed E-state index contributed by atoms with van der Waals surface area (Å²) in [5, 5.41) is 4.96. The summed E-state index contributed by atoms with van der Waals surface area (Å²) >= 11 is 1.39. The summed E-state index contributed by atoms with van der Waals surface area (Å²) in [4.78, 5) is 23.6. The van der Waals surface area contributed by atoms with E-state index in [1.54, 1.807) is 0 Å². The van der Waals surface area contributed by atoms with Crippen molar-refractivity contribution in [3.63, 3.8) is 0 Å². The third kappa shape index (κ3) is 3.25. The largest absolute Gasteiger partial charge is 0.468 e. The average molecular weight is 383 g/mol. The number of carbonyl (C=O) groups excluding carboxylic acids is 1. The fourth-order valence-corrected chi connectivity index (χ4v) is 4.07. The summed E-state index contributed by atoms with van der Waals surface area (Å²) in [5.41, 5.74) is 3.06. The SMILES string of the molecule is COC(=O)[C@H](C)SC1=Nc2c(cnn2-c2ccc(C)cc2)C2=NCCCN12. The maximum atomic E-state index is 11.9. The Balaban J connectivity index is 1.78. The van der Waals surface area contributed by atoms with E-state index in [-0.39, 0.29) is 11.2 Å². The minimum atomic E-state index is -0.353. The number of esters is 1. The highest BCUT2D eigenvalue weighted by Crippen LogP contribution is 2.34. The molecule has 0 unspecified atom stereocenters. The van der Waals surface area contributed by atoms with Crippen molar-refractivity contribution in [1.29, 1.82) is 0 Å². The highest BCUT2D eigenvalue weighted by atomic mass is 32.2. The number of aryl methyl sites for hydroxylation is 1. The van der Waals surface area contributed by atoms with E-state index < -0.39 is 0 Å². The predicted octanol–water partition coefficient (Wildman–Crippen LogP) is 2.93. The van der Waals surface area contributed by atoms with Gasteiger partial charge >= 0.3 is 5.97 Å². The van der Waals surface area contributed by atoms with E-state index in [0.29, 0.717) is 0 Å². The van der Waals surface area contributed by atoms with Crippen LogP contribution in [0.5, 0.6) is 0 Å². The Morgan fingerprint density at radius 2 is 2.07 bits per heavy atom. The number of aliphatic imine (C=N–C) groups is 2. The van der Waals surface area contributed by atoms with Gasteiger partial charge in [0.25, 0.3) is 0 Å². The quantitative estimate of drug-likeness (QED) is 0.762. The summed E-state index contributed by atoms with van der Waals surface area (Å²) in [5.74, 6) is 1.36. The molecule has 27 heavy (non-hydrogen) atoms. The Kier molecular flexibility index (Phi) is 4.73. The lowest BCUT2D eigenvalue weighted by Crippen LogP contribution is -2.42. The van der Waals surface area contributed by atoms with Crippen LogP contribution in [0.25, 0.3) is 5.69 Å². The molecule has 1 atom stereocenters. The Morgan fingerprint density at radius 1 is 1.30 bits per heavy atom. The molecule has 1 aromatic heterocycles. The molecule has 0 saturated carbocycles. The number of nitrogens with zero attached hydrogens (tertiary/aromatic N) is 5. The summed E-state index contributed by atoms with van der Waals surface area (Å²) in [6.07, 6.45) is 2.78. The molecule has 8 heteroatoms. The van der Waals surface area contributed by atoms with E-state index in [9.17, 15) is 4.79 Å². The van der Waals surface area contributed by atoms with Crippen molar-refractivity contribution in [3.05, 3.63) is 41.6 Å². The smallest absolute Gasteiger partial charge is 0.318 e. The standard InChI is InChI=1S/C19H21N5O2S/c1-12-5-7-14(8-6-12)24-17-15(11-21-24)16-20-9-4-10-23(16)19(22-17)27-13(2)18(25)26-3/h5-8,11,13H,4,9-10H2,1-3H3/t13-/m0/s1. The summed E-state index contributed by atoms with van der Waals surface area (Å²) < 4.78 is 6.69. The molecule has 0 fully saturated rings. The molecule has 0 saturated heterocycles. The van der Waals surface area contributed by atoms with Crippen molar-refractivity contribution < 1.29 is 9.53 Å². The van der Waals surface area contributed by atoms with Gasteiger partial charge < -0.3 is 9.64 Å². The van der Waals surface area contributed by atoms with Crippen LogP contribution in [0.1, 0.15) is 24.5 Å². The van der Waals surface area contributed by atoms with E-state index in [1.165, 1.54) is 24.4 Å². The third-order valence-electron chi connectivity index (χ3n) is 4.57. The highest BCUT2D eigenvalue weighted by molar-refractivity contribution is 8.14. The summed E-state index contributed by atoms with van der Waals surface area (Å²) in [6.45, 7) is 5.49. The lowest BCUT2D eigenvalue weighted by atomic mass is 10.2. The van der Waals surface area contributed by atoms with E-state index >= 15 is 0 Å². The third-order valence-corrected chi connectivity index (χ3v) is 5.64. The number of amidine groups is 2. The average Bonchev–Trinajstić information content (AvgIpc) is 3.12. The molecule has 140 valence electrons. The number of ether oxygens (including phenoxy) is 1. The van der Waals surface area contributed by atoms with Crippen molar-refractivity contribution in [3.8, 4) is 5.69 Å². The van der Waals surface area contributed by atoms with Gasteiger partial charge in [-0.15, -0.1) is 0 Å². The van der Waals surface area contributed by atoms with Gasteiger partial charge in [-0.2, -0.15) is 5.10 Å². The van der Waals surface area contributed by atoms with Gasteiger partial charge in [0.1, 0.15) is 11.1 Å². The zero-order valence-electron chi connectivity index (χ0n) is 15.5. The molecule has 2 aliphatic rings. The van der Waals surface area contributed by atoms with Crippen LogP contribution in [0, 0.1) is 6.92 Å². The van der Waals surface area contributed by atoms with Gasteiger partial charge in [0.15, 0.2) is 11.0 Å². The molecule has 7 nitrogen and oxygen atoms in total. The Bertz CT molecular complexity index is 932. The van der Waals surface area contributed by atoms with Gasteiger partial charge in [-0.05, 0) is 32.4 Å². The Morgan fingerprint density at radius 3 is 2.81 bits per heavy atom. The number of fused-ring (bicyclic) bond motifs is 3. The van der Waals surface area contributed by atoms with Gasteiger partial charge in [-0.1, -0.05) is 29.5 Å². The van der Waals surface area contributed by atoms with Gasteiger partial charge in [0.05, 0.1) is 24.6 Å². The van der Waals surface area contributed by atoms with Crippen LogP contribution in [0.3, 0.4) is 0 Å². The first kappa shape index (κ1) is 17.8. The van der Waals surface area contributed by atoms with Crippen molar-refractivity contribution in [1.82, 2.24) is 14.7 Å². The summed E-state index contributed by atoms with van der Waals surface area (Å²) in [7, 11) is 1.40. The first-order valence-electron chi connectivity index (χ1n) is 8.89. The van der Waals surface area contributed by atoms with Crippen molar-refractivity contribution in [2.24, 2.45) is 9.98 Å². The van der Waals surface area contributed by atoms with Crippen LogP contribution >= 0.6 is 11.8 Å². The Hall–Kier alpha value is -2.61. The maximum absolute atomic E-state index is 11.9. The van der Waals surface area contributed by atoms with E-state index in [0.717, 1.165) is 47.6 Å². The lowest BCUT2D eigenvalue weighted by Gasteiger charge is -2.33. The molecule has 0 radical (unpaired) electrons. The fraction of sp³-hybridized carbons (Fsp3) is 0.368. The maximum Gasteiger partial charge on any atom is 0.318 e. The van der Waals surface area contributed by atoms with Crippen LogP contribution in [-0.4, -0.2) is 57.1 Å². The number of hydrogen-bond acceptors (Lipinski definition) is 7. The van der Waals surface area contributed by atoms with E-state index in [4.69, 9.17) is 14.7 Å². The molecule has 0 aliphatic carbocycles. The molecular formula is C19H21N5O2S. The number of rotatable bonds is 3. The second kappa shape index (κ2) is 7.19. The van der Waals surface area contributed by atoms with Gasteiger partial charge in [0, 0.05) is 13.1 Å². The lowest BCUT2D eigenvalue weighted by molar-refractivity contribution is -0.139. The number of methoxy groups -OCH3 is 1. The second-order valence-corrected chi connectivity index (χ2v) is 7.83. The monoisotopic (exact) mass is 383 g/mol. The predicted molar refractivity (Wildman–Crippen MR) is 107 cm³/mol. The second-order valence-electron chi connectivity index (χ2n) is 6.52. The summed E-state index contributed by atoms with van der Waals surface area (Å²) in [6, 6.07) is 8.15. The molecule has 0 bridgehead atoms. The topological polar surface area (TPSA) is 72.1 Å². The molecule has 0 N–H and O–H groups in total. The number of hydrogen-bond donors (Lipinski definition) is 0. The normalized spacial score (nSPS) is 16.8. The van der Waals surface area contributed by atoms with Crippen molar-refractivity contribution in [2.45, 2.75) is 25.5 Å². The van der Waals surface area contributed by atoms with Gasteiger partial charge in [-0.3, -0.25) is 9.79 Å². The van der Waals surface area contributed by atoms with E-state index in [2.05, 4.69) is 29.1 Å². The van der Waals surface area contributed by atoms with Crippen LogP contribution in [0.2, 0.25) is 0 Å². The minimum absolute atomic E-state index is 0.268. The number of aromatic nitrogens is 2. The van der Waals surface area contributed by atoms with Gasteiger partial charge in [0.2, 0.25) is 0 Å². The first-order chi connectivity index (χ1) is 13.1. The number of thioether (sulfide) groups is 1. The fourth-order valence-electron chi connectivity index (χ4n) is 3.12. The number of benzene rings is 1. The first-order valence-corrected chi connectivity index (χ1v) is 9.77. The van der Waals surface area contributed by atoms with Crippen LogP contribution < -0.4 is 0 Å². The van der Waals surface area contributed by atoms with Gasteiger partial charge in [-0.25, -0.2) is 9.67 Å². The van der Waals surface area contributed by atoms with E-state index in [1.807, 2.05) is 29.9 Å². The Labute approximate surface area is 162 Å². The van der Waals surface area contributed by atoms with Crippen molar-refractivity contribution >= 4 is 34.6 Å². The zero-order valence-corrected chi connectivity index (χ0v) is 16.4. The van der Waals surface area contributed by atoms with Crippen molar-refractivity contribution in [2.75, 3.05) is 20.2 Å². The van der Waals surface area contributed by atoms with Crippen LogP contribution in [0.4, 0.5) is 5.82 Å². The molecule has 1 aromatic carbocycles. The molecule has 2 aliphatic heterocycles. The molecule has 0 amide bonds. The van der Waals surface area contributed by atoms with Crippen LogP contribution in [0.15, 0.2) is 40.4 Å². The molecule has 4 rings (SSSR count). The molecular weight excluding hydrogens is 362 g/mol. The molecule has 0 spiro atoms. The van der Waals surface area contributed by atoms with Crippen LogP contribution in [-0.2, 0) is 9.53 Å². The zero-order chi connectivity index (χ0) is 19.0. The minimum Gasteiger partial charge on any atom is -0.468 e. The molecule has 2 aromatic rings. The number of carbonyl (C=O) groups is 1.